The van der Waals surface area contributed by atoms with E-state index in [9.17, 15) is 14.5 Å². The molecule has 0 aliphatic heterocycles. The van der Waals surface area contributed by atoms with Gasteiger partial charge in [0.2, 0.25) is 12.1 Å². The number of hydrazine groups is 2. The lowest BCUT2D eigenvalue weighted by Gasteiger charge is -2.23. The Morgan fingerprint density at radius 1 is 0.917 bits per heavy atom. The molecule has 2 atom stereocenters. The molecule has 0 spiro atoms. The van der Waals surface area contributed by atoms with E-state index in [1.165, 1.54) is 11.9 Å². The van der Waals surface area contributed by atoms with Gasteiger partial charge in [-0.25, -0.2) is 14.4 Å². The van der Waals surface area contributed by atoms with Crippen LogP contribution in [0.3, 0.4) is 0 Å². The minimum atomic E-state index is -1.26. The number of carbonyl (C=O) groups is 2. The van der Waals surface area contributed by atoms with E-state index in [4.69, 9.17) is 23.8 Å². The van der Waals surface area contributed by atoms with E-state index in [-0.39, 0.29) is 12.2 Å². The second kappa shape index (κ2) is 19.7. The van der Waals surface area contributed by atoms with Crippen molar-refractivity contribution in [3.63, 3.8) is 0 Å². The lowest BCUT2D eigenvalue weighted by Crippen LogP contribution is -2.49. The average Bonchev–Trinajstić information content (AvgIpc) is 3.90. The van der Waals surface area contributed by atoms with Gasteiger partial charge in [-0.1, -0.05) is 84.9 Å². The number of nitrogens with zero attached hydrogens (tertiary/aromatic N) is 7. The number of rotatable bonds is 19. The van der Waals surface area contributed by atoms with Crippen LogP contribution >= 0.6 is 0 Å². The number of para-hydroxylation sites is 1. The number of unbranched alkanes of at least 4 members (excludes halogenated alkanes) is 1. The van der Waals surface area contributed by atoms with Gasteiger partial charge in [-0.2, -0.15) is 10.2 Å². The Bertz CT molecular complexity index is 2350. The molecule has 314 valence electrons. The van der Waals surface area contributed by atoms with Crippen molar-refractivity contribution in [3.05, 3.63) is 119 Å². The number of hydrogen-bond donors (Lipinski definition) is 2. The number of hydrogen-bond acceptors (Lipinski definition) is 12. The zero-order valence-electron chi connectivity index (χ0n) is 34.5. The number of aromatic nitrogens is 6. The van der Waals surface area contributed by atoms with Crippen LogP contribution in [0.5, 0.6) is 6.01 Å². The number of benzene rings is 4. The van der Waals surface area contributed by atoms with Gasteiger partial charge in [0.25, 0.3) is 11.0 Å². The number of nitroso groups, excluding NO2 is 1. The molecule has 2 unspecified atom stereocenters. The minimum Gasteiger partial charge on any atom is -0.465 e. The molecule has 6 aromatic rings. The maximum atomic E-state index is 13.6. The van der Waals surface area contributed by atoms with E-state index < -0.39 is 30.1 Å². The quantitative estimate of drug-likeness (QED) is 0.0265. The molecule has 0 saturated carbocycles. The third-order valence-corrected chi connectivity index (χ3v) is 9.65. The van der Waals surface area contributed by atoms with Crippen LogP contribution < -0.4 is 10.3 Å². The molecule has 0 amide bonds. The number of ether oxygens (including phenoxy) is 4. The van der Waals surface area contributed by atoms with E-state index in [2.05, 4.69) is 31.2 Å². The van der Waals surface area contributed by atoms with Gasteiger partial charge in [-0.3, -0.25) is 4.57 Å². The van der Waals surface area contributed by atoms with Gasteiger partial charge in [0.1, 0.15) is 6.10 Å². The minimum absolute atomic E-state index is 0.0554. The Balaban J connectivity index is 1.04. The Hall–Kier alpha value is -6.88. The summed E-state index contributed by atoms with van der Waals surface area (Å²) in [5, 5.41) is 16.0. The summed E-state index contributed by atoms with van der Waals surface area (Å²) in [5.74, 6) is -0.222. The second-order valence-electron chi connectivity index (χ2n) is 14.8. The molecule has 17 heteroatoms. The molecule has 2 heterocycles. The molecule has 0 bridgehead atoms. The van der Waals surface area contributed by atoms with Gasteiger partial charge in [0, 0.05) is 18.1 Å². The number of tetrazole rings is 1. The first kappa shape index (κ1) is 42.7. The highest BCUT2D eigenvalue weighted by molar-refractivity contribution is 6.02. The summed E-state index contributed by atoms with van der Waals surface area (Å²) >= 11 is 0. The number of fused-ring (bicyclic) bond motifs is 1. The van der Waals surface area contributed by atoms with E-state index >= 15 is 0 Å². The van der Waals surface area contributed by atoms with Crippen molar-refractivity contribution in [1.29, 1.82) is 0 Å². The summed E-state index contributed by atoms with van der Waals surface area (Å²) in [6, 6.07) is 30.8. The maximum absolute atomic E-state index is 13.6. The molecule has 0 fully saturated rings. The van der Waals surface area contributed by atoms with Crippen LogP contribution in [0.1, 0.15) is 81.5 Å². The predicted octanol–water partition coefficient (Wildman–Crippen LogP) is 7.76. The molecule has 17 nitrogen and oxygen atoms in total. The lowest BCUT2D eigenvalue weighted by atomic mass is 9.98. The third-order valence-electron chi connectivity index (χ3n) is 9.65. The molecule has 0 aliphatic carbocycles. The summed E-state index contributed by atoms with van der Waals surface area (Å²) in [6.45, 7) is 9.77. The number of carbonyl (C=O) groups excluding carboxylic acids is 2. The predicted molar refractivity (Wildman–Crippen MR) is 221 cm³/mol. The van der Waals surface area contributed by atoms with E-state index in [0.29, 0.717) is 60.3 Å². The standard InChI is InChI=1S/C43H50N9O8/c1-7-56-41-44-36-21-15-20-35(38(36)51(41)28-30-23-25-31(26-24-30)33-18-11-12-19-34(33)39-45-47-48-46-39)40(53)58-29(2)59-42(54)57-27-14-13-22-37(32-16-9-8-10-17-32)60-49-52(55)50(6)43(3,4)5/h8-12,15-21,23-26,29,37H,7,13-14,22,27-28H2,1-6H3,(H,49,55)(H,45,46,47,48)/q+1. The number of H-pyrrole nitrogens is 1. The van der Waals surface area contributed by atoms with E-state index in [1.54, 1.807) is 25.2 Å². The zero-order chi connectivity index (χ0) is 42.6. The average molecular weight is 821 g/mol. The normalized spacial score (nSPS) is 12.4. The third kappa shape index (κ3) is 10.8. The van der Waals surface area contributed by atoms with Crippen LogP contribution in [0.25, 0.3) is 33.5 Å². The fourth-order valence-corrected chi connectivity index (χ4v) is 6.29. The SMILES string of the molecule is CCOc1nc2cccc(C(=O)OC(C)OC(=O)OCCCCC(ON[N+](=O)N(C)C(C)(C)C)c3ccccc3)c2n1Cc1ccc(-c2ccccc2-c2nn[nH]n2)cc1. The van der Waals surface area contributed by atoms with Gasteiger partial charge in [0.05, 0.1) is 53.8 Å². The van der Waals surface area contributed by atoms with Gasteiger partial charge in [-0.15, -0.1) is 15.2 Å². The Morgan fingerprint density at radius 3 is 2.35 bits per heavy atom. The number of aromatic amines is 1. The summed E-state index contributed by atoms with van der Waals surface area (Å²) in [4.78, 5) is 49.8. The number of esters is 1. The van der Waals surface area contributed by atoms with Crippen LogP contribution in [0.15, 0.2) is 97.1 Å². The highest BCUT2D eigenvalue weighted by Crippen LogP contribution is 2.31. The highest BCUT2D eigenvalue weighted by atomic mass is 16.8. The van der Waals surface area contributed by atoms with Crippen molar-refractivity contribution < 1.29 is 38.4 Å². The number of nitrogens with one attached hydrogen (secondary N) is 2. The van der Waals surface area contributed by atoms with E-state index in [0.717, 1.165) is 27.8 Å². The Morgan fingerprint density at radius 2 is 1.65 bits per heavy atom. The molecular formula is C43H50N9O8+. The molecule has 4 aromatic carbocycles. The highest BCUT2D eigenvalue weighted by Gasteiger charge is 2.31. The summed E-state index contributed by atoms with van der Waals surface area (Å²) in [5.41, 5.74) is 7.88. The van der Waals surface area contributed by atoms with Crippen LogP contribution in [0.4, 0.5) is 4.79 Å². The Labute approximate surface area is 347 Å². The zero-order valence-corrected chi connectivity index (χ0v) is 34.5. The summed E-state index contributed by atoms with van der Waals surface area (Å²) < 4.78 is 23.9. The van der Waals surface area contributed by atoms with Gasteiger partial charge in [0.15, 0.2) is 0 Å². The first-order valence-corrected chi connectivity index (χ1v) is 19.7. The summed E-state index contributed by atoms with van der Waals surface area (Å²) in [6.07, 6.45) is -1.05. The topological polar surface area (TPSA) is 188 Å². The van der Waals surface area contributed by atoms with Gasteiger partial charge in [-0.05, 0) is 86.6 Å². The number of imidazole rings is 1. The molecule has 60 heavy (non-hydrogen) atoms. The second-order valence-corrected chi connectivity index (χ2v) is 14.8. The van der Waals surface area contributed by atoms with Crippen molar-refractivity contribution in [2.45, 2.75) is 78.4 Å². The van der Waals surface area contributed by atoms with Crippen molar-refractivity contribution >= 4 is 23.2 Å². The van der Waals surface area contributed by atoms with Crippen molar-refractivity contribution in [2.75, 3.05) is 20.3 Å². The molecule has 2 aromatic heterocycles. The molecular weight excluding hydrogens is 771 g/mol. The molecule has 2 N–H and O–H groups in total. The van der Waals surface area contributed by atoms with Crippen LogP contribution in [0, 0.1) is 4.91 Å². The van der Waals surface area contributed by atoms with Crippen LogP contribution in [-0.4, -0.2) is 84.4 Å². The van der Waals surface area contributed by atoms with Crippen LogP contribution in [0.2, 0.25) is 0 Å². The van der Waals surface area contributed by atoms with E-state index in [1.807, 2.05) is 111 Å². The molecule has 0 radical (unpaired) electrons. The molecule has 0 saturated heterocycles. The first-order chi connectivity index (χ1) is 28.9. The van der Waals surface area contributed by atoms with Crippen molar-refractivity contribution in [3.8, 4) is 28.5 Å². The van der Waals surface area contributed by atoms with Crippen LogP contribution in [-0.2, 0) is 25.6 Å². The molecule has 6 rings (SSSR count). The monoisotopic (exact) mass is 820 g/mol. The summed E-state index contributed by atoms with van der Waals surface area (Å²) in [7, 11) is 1.67. The van der Waals surface area contributed by atoms with Crippen molar-refractivity contribution in [2.24, 2.45) is 0 Å². The lowest BCUT2D eigenvalue weighted by molar-refractivity contribution is -0.797. The fraction of sp³-hybridized carbons (Fsp3) is 0.349. The van der Waals surface area contributed by atoms with Crippen molar-refractivity contribution in [1.82, 2.24) is 40.8 Å². The van der Waals surface area contributed by atoms with Gasteiger partial charge < -0.3 is 18.9 Å². The fourth-order valence-electron chi connectivity index (χ4n) is 6.29. The maximum Gasteiger partial charge on any atom is 0.511 e. The largest absolute Gasteiger partial charge is 0.511 e. The first-order valence-electron chi connectivity index (χ1n) is 19.7. The Kier molecular flexibility index (Phi) is 14.0. The molecule has 0 aliphatic rings. The van der Waals surface area contributed by atoms with Gasteiger partial charge >= 0.3 is 12.1 Å². The smallest absolute Gasteiger partial charge is 0.465 e.